The number of carbonyl (C=O) groups is 1. The Morgan fingerprint density at radius 3 is 1.08 bits per heavy atom. The number of aliphatic hydroxyl groups excluding tert-OH is 5. The number of nitrogens with one attached hydrogen (secondary N) is 1. The van der Waals surface area contributed by atoms with Gasteiger partial charge in [-0.05, 0) is 70.6 Å². The maximum atomic E-state index is 13.1. The summed E-state index contributed by atoms with van der Waals surface area (Å²) in [5.41, 5.74) is 0. The molecule has 9 heteroatoms. The van der Waals surface area contributed by atoms with Gasteiger partial charge in [-0.15, -0.1) is 0 Å². The molecule has 1 amide bonds. The van der Waals surface area contributed by atoms with Crippen molar-refractivity contribution in [2.75, 3.05) is 13.2 Å². The van der Waals surface area contributed by atoms with Crippen molar-refractivity contribution in [3.05, 3.63) is 48.6 Å². The SMILES string of the molecule is CCCCCCCCCCCCCC/C=C\CCCCCCCCCCCCCCCCCCCC(=O)NC(COC1OC(CO)C(O)C(O)C1O)C(O)/C=C/CC/C=C/CC/C=C/CCCCCCCCCCCCCC. The van der Waals surface area contributed by atoms with E-state index < -0.39 is 49.5 Å². The quantitative estimate of drug-likeness (QED) is 0.0261. The third-order valence-corrected chi connectivity index (χ3v) is 16.1. The van der Waals surface area contributed by atoms with Crippen LogP contribution in [0.3, 0.4) is 0 Å². The summed E-state index contributed by atoms with van der Waals surface area (Å²) in [5, 5.41) is 54.6. The van der Waals surface area contributed by atoms with Crippen molar-refractivity contribution in [3.8, 4) is 0 Å². The monoisotopic (exact) mass is 1100 g/mol. The molecule has 1 heterocycles. The molecular formula is C69H129NO8. The summed E-state index contributed by atoms with van der Waals surface area (Å²) >= 11 is 0. The van der Waals surface area contributed by atoms with Crippen LogP contribution in [0.5, 0.6) is 0 Å². The Morgan fingerprint density at radius 1 is 0.423 bits per heavy atom. The first kappa shape index (κ1) is 74.2. The number of ether oxygens (including phenoxy) is 2. The molecule has 7 atom stereocenters. The van der Waals surface area contributed by atoms with Crippen LogP contribution in [-0.2, 0) is 14.3 Å². The molecule has 1 aliphatic rings. The van der Waals surface area contributed by atoms with Crippen LogP contribution in [0.1, 0.15) is 328 Å². The summed E-state index contributed by atoms with van der Waals surface area (Å²) in [7, 11) is 0. The second-order valence-corrected chi connectivity index (χ2v) is 23.6. The van der Waals surface area contributed by atoms with E-state index >= 15 is 0 Å². The predicted octanol–water partition coefficient (Wildman–Crippen LogP) is 18.0. The lowest BCUT2D eigenvalue weighted by Crippen LogP contribution is -2.60. The Kier molecular flexibility index (Phi) is 55.5. The summed E-state index contributed by atoms with van der Waals surface area (Å²) in [5.74, 6) is -0.186. The molecule has 458 valence electrons. The summed E-state index contributed by atoms with van der Waals surface area (Å²) < 4.78 is 11.3. The third kappa shape index (κ3) is 46.7. The zero-order valence-corrected chi connectivity index (χ0v) is 51.2. The van der Waals surface area contributed by atoms with E-state index in [1.165, 1.54) is 263 Å². The molecule has 1 fully saturated rings. The van der Waals surface area contributed by atoms with E-state index in [1.54, 1.807) is 6.08 Å². The number of aliphatic hydroxyl groups is 5. The molecule has 0 aromatic heterocycles. The van der Waals surface area contributed by atoms with E-state index in [9.17, 15) is 30.3 Å². The topological polar surface area (TPSA) is 149 Å². The lowest BCUT2D eigenvalue weighted by atomic mass is 9.99. The van der Waals surface area contributed by atoms with Crippen LogP contribution < -0.4 is 5.32 Å². The molecule has 7 unspecified atom stereocenters. The van der Waals surface area contributed by atoms with Gasteiger partial charge in [0.25, 0.3) is 0 Å². The smallest absolute Gasteiger partial charge is 0.220 e. The Bertz CT molecular complexity index is 1370. The highest BCUT2D eigenvalue weighted by molar-refractivity contribution is 5.76. The molecule has 0 bridgehead atoms. The van der Waals surface area contributed by atoms with Crippen molar-refractivity contribution in [1.29, 1.82) is 0 Å². The van der Waals surface area contributed by atoms with Crippen LogP contribution in [0, 0.1) is 0 Å². The van der Waals surface area contributed by atoms with Gasteiger partial charge in [0.1, 0.15) is 24.4 Å². The number of amides is 1. The lowest BCUT2D eigenvalue weighted by Gasteiger charge is -2.40. The normalized spacial score (nSPS) is 18.9. The molecule has 1 aliphatic heterocycles. The van der Waals surface area contributed by atoms with Crippen LogP contribution in [0.15, 0.2) is 48.6 Å². The molecule has 0 aromatic rings. The van der Waals surface area contributed by atoms with Crippen molar-refractivity contribution >= 4 is 5.91 Å². The molecule has 0 aromatic carbocycles. The highest BCUT2D eigenvalue weighted by Gasteiger charge is 2.44. The van der Waals surface area contributed by atoms with Gasteiger partial charge >= 0.3 is 0 Å². The Labute approximate surface area is 482 Å². The van der Waals surface area contributed by atoms with Crippen molar-refractivity contribution < 1.29 is 39.8 Å². The Balaban J connectivity index is 2.15. The molecule has 0 spiro atoms. The van der Waals surface area contributed by atoms with Gasteiger partial charge in [0, 0.05) is 6.42 Å². The minimum atomic E-state index is -1.58. The van der Waals surface area contributed by atoms with Gasteiger partial charge in [0.15, 0.2) is 6.29 Å². The fourth-order valence-electron chi connectivity index (χ4n) is 10.8. The van der Waals surface area contributed by atoms with Crippen LogP contribution in [-0.4, -0.2) is 87.5 Å². The second-order valence-electron chi connectivity index (χ2n) is 23.6. The number of carbonyl (C=O) groups excluding carboxylic acids is 1. The molecule has 78 heavy (non-hydrogen) atoms. The summed E-state index contributed by atoms with van der Waals surface area (Å²) in [6.45, 7) is 3.80. The average Bonchev–Trinajstić information content (AvgIpc) is 3.45. The van der Waals surface area contributed by atoms with Crippen LogP contribution in [0.25, 0.3) is 0 Å². The van der Waals surface area contributed by atoms with E-state index in [-0.39, 0.29) is 12.5 Å². The molecule has 0 saturated carbocycles. The summed E-state index contributed by atoms with van der Waals surface area (Å²) in [6, 6.07) is -0.829. The molecular weight excluding hydrogens is 971 g/mol. The van der Waals surface area contributed by atoms with Crippen molar-refractivity contribution in [3.63, 3.8) is 0 Å². The zero-order chi connectivity index (χ0) is 56.5. The van der Waals surface area contributed by atoms with E-state index in [0.717, 1.165) is 44.9 Å². The number of hydrogen-bond donors (Lipinski definition) is 6. The largest absolute Gasteiger partial charge is 0.394 e. The van der Waals surface area contributed by atoms with E-state index in [0.29, 0.717) is 6.42 Å². The fourth-order valence-corrected chi connectivity index (χ4v) is 10.8. The fraction of sp³-hybridized carbons (Fsp3) is 0.870. The molecule has 6 N–H and O–H groups in total. The highest BCUT2D eigenvalue weighted by Crippen LogP contribution is 2.23. The van der Waals surface area contributed by atoms with Gasteiger partial charge in [0.05, 0.1) is 25.4 Å². The Hall–Kier alpha value is -1.85. The number of hydrogen-bond acceptors (Lipinski definition) is 8. The van der Waals surface area contributed by atoms with Crippen LogP contribution in [0.2, 0.25) is 0 Å². The molecule has 1 rings (SSSR count). The van der Waals surface area contributed by atoms with Crippen LogP contribution in [0.4, 0.5) is 0 Å². The molecule has 1 saturated heterocycles. The molecule has 9 nitrogen and oxygen atoms in total. The number of allylic oxidation sites excluding steroid dienone is 7. The summed E-state index contributed by atoms with van der Waals surface area (Å²) in [4.78, 5) is 13.1. The second kappa shape index (κ2) is 58.4. The van der Waals surface area contributed by atoms with E-state index in [4.69, 9.17) is 9.47 Å². The van der Waals surface area contributed by atoms with Gasteiger partial charge in [-0.3, -0.25) is 4.79 Å². The van der Waals surface area contributed by atoms with Crippen molar-refractivity contribution in [1.82, 2.24) is 5.32 Å². The van der Waals surface area contributed by atoms with Crippen molar-refractivity contribution in [2.24, 2.45) is 0 Å². The lowest BCUT2D eigenvalue weighted by molar-refractivity contribution is -0.302. The predicted molar refractivity (Wildman–Crippen MR) is 332 cm³/mol. The summed E-state index contributed by atoms with van der Waals surface area (Å²) in [6.07, 6.45) is 72.2. The van der Waals surface area contributed by atoms with Gasteiger partial charge in [-0.25, -0.2) is 0 Å². The maximum Gasteiger partial charge on any atom is 0.220 e. The first-order valence-electron chi connectivity index (χ1n) is 33.9. The standard InChI is InChI=1S/C69H129NO8/c1-3-5-7-9-11-13-15-17-19-21-23-25-27-28-29-30-31-32-33-34-35-36-37-39-41-43-45-47-49-51-53-55-57-59-65(73)70-62(61-77-69-68(76)67(75)66(74)64(60-71)78-69)63(72)58-56-54-52-50-48-46-44-42-40-38-26-24-22-20-18-16-14-12-10-8-6-4-2/h28-29,40,42,48,50,56,58,62-64,66-69,71-72,74-76H,3-27,30-39,41,43-47,49,51-55,57,59-61H2,1-2H3,(H,70,73)/b29-28-,42-40+,50-48+,58-56+. The minimum absolute atomic E-state index is 0.186. The number of rotatable bonds is 59. The van der Waals surface area contributed by atoms with Crippen molar-refractivity contribution in [2.45, 2.75) is 371 Å². The average molecular weight is 1100 g/mol. The van der Waals surface area contributed by atoms with Gasteiger partial charge in [-0.2, -0.15) is 0 Å². The number of unbranched alkanes of at least 4 members (excludes halogenated alkanes) is 43. The van der Waals surface area contributed by atoms with Crippen LogP contribution >= 0.6 is 0 Å². The third-order valence-electron chi connectivity index (χ3n) is 16.1. The maximum absolute atomic E-state index is 13.1. The van der Waals surface area contributed by atoms with Gasteiger partial charge in [-0.1, -0.05) is 300 Å². The zero-order valence-electron chi connectivity index (χ0n) is 51.2. The Morgan fingerprint density at radius 2 is 0.731 bits per heavy atom. The molecule has 0 radical (unpaired) electrons. The van der Waals surface area contributed by atoms with Gasteiger partial charge < -0.3 is 40.3 Å². The van der Waals surface area contributed by atoms with E-state index in [1.807, 2.05) is 6.08 Å². The highest BCUT2D eigenvalue weighted by atomic mass is 16.7. The first-order chi connectivity index (χ1) is 38.3. The van der Waals surface area contributed by atoms with Gasteiger partial charge in [0.2, 0.25) is 5.91 Å². The molecule has 0 aliphatic carbocycles. The minimum Gasteiger partial charge on any atom is -0.394 e. The first-order valence-corrected chi connectivity index (χ1v) is 33.9. The van der Waals surface area contributed by atoms with E-state index in [2.05, 4.69) is 55.6 Å².